The van der Waals surface area contributed by atoms with E-state index in [1.807, 2.05) is 6.07 Å². The lowest BCUT2D eigenvalue weighted by Gasteiger charge is -2.37. The van der Waals surface area contributed by atoms with Crippen molar-refractivity contribution in [2.24, 2.45) is 0 Å². The number of fused-ring (bicyclic) bond motifs is 2. The van der Waals surface area contributed by atoms with Crippen molar-refractivity contribution >= 4 is 5.95 Å². The van der Waals surface area contributed by atoms with Crippen LogP contribution in [0, 0.1) is 11.3 Å². The molecule has 3 heterocycles. The number of rotatable bonds is 1. The van der Waals surface area contributed by atoms with Crippen molar-refractivity contribution in [2.45, 2.75) is 43.9 Å². The maximum atomic E-state index is 9.74. The highest BCUT2D eigenvalue weighted by molar-refractivity contribution is 5.39. The minimum atomic E-state index is -0.192. The summed E-state index contributed by atoms with van der Waals surface area (Å²) < 4.78 is 0. The van der Waals surface area contributed by atoms with Crippen molar-refractivity contribution in [3.63, 3.8) is 0 Å². The molecule has 5 heteroatoms. The smallest absolute Gasteiger partial charge is 0.227 e. The molecule has 0 saturated carbocycles. The molecule has 0 aromatic carbocycles. The van der Waals surface area contributed by atoms with Crippen molar-refractivity contribution in [1.29, 1.82) is 5.26 Å². The maximum absolute atomic E-state index is 9.74. The van der Waals surface area contributed by atoms with Crippen molar-refractivity contribution < 1.29 is 5.11 Å². The molecule has 2 fully saturated rings. The van der Waals surface area contributed by atoms with Crippen molar-refractivity contribution in [2.75, 3.05) is 4.90 Å². The number of piperidine rings is 1. The Labute approximate surface area is 99.7 Å². The first kappa shape index (κ1) is 10.5. The molecule has 0 aliphatic carbocycles. The lowest BCUT2D eigenvalue weighted by Crippen LogP contribution is -2.45. The SMILES string of the molecule is N#Cc1ccnc(N2C3CCC2CC(O)C3)n1. The summed E-state index contributed by atoms with van der Waals surface area (Å²) in [6, 6.07) is 4.32. The molecule has 1 aromatic heterocycles. The topological polar surface area (TPSA) is 73.0 Å². The lowest BCUT2D eigenvalue weighted by atomic mass is 10.0. The fourth-order valence-electron chi connectivity index (χ4n) is 3.01. The van der Waals surface area contributed by atoms with Gasteiger partial charge in [0.05, 0.1) is 6.10 Å². The molecular formula is C12H14N4O. The van der Waals surface area contributed by atoms with Gasteiger partial charge in [-0.15, -0.1) is 0 Å². The highest BCUT2D eigenvalue weighted by Gasteiger charge is 2.41. The van der Waals surface area contributed by atoms with Gasteiger partial charge in [-0.05, 0) is 31.7 Å². The van der Waals surface area contributed by atoms with Crippen LogP contribution < -0.4 is 4.90 Å². The molecule has 88 valence electrons. The summed E-state index contributed by atoms with van der Waals surface area (Å²) in [5, 5.41) is 18.6. The van der Waals surface area contributed by atoms with Crippen LogP contribution >= 0.6 is 0 Å². The van der Waals surface area contributed by atoms with Crippen LogP contribution in [-0.4, -0.2) is 33.3 Å². The summed E-state index contributed by atoms with van der Waals surface area (Å²) in [5.74, 6) is 0.642. The third-order valence-corrected chi connectivity index (χ3v) is 3.70. The fraction of sp³-hybridized carbons (Fsp3) is 0.583. The number of aliphatic hydroxyl groups is 1. The summed E-state index contributed by atoms with van der Waals surface area (Å²) in [7, 11) is 0. The van der Waals surface area contributed by atoms with E-state index in [0.29, 0.717) is 23.7 Å². The number of nitrogens with zero attached hydrogens (tertiary/aromatic N) is 4. The van der Waals surface area contributed by atoms with Crippen LogP contribution in [0.15, 0.2) is 12.3 Å². The molecule has 2 unspecified atom stereocenters. The van der Waals surface area contributed by atoms with Crippen LogP contribution in [0.25, 0.3) is 0 Å². The number of hydrogen-bond acceptors (Lipinski definition) is 5. The van der Waals surface area contributed by atoms with E-state index in [2.05, 4.69) is 14.9 Å². The normalized spacial score (nSPS) is 31.3. The highest BCUT2D eigenvalue weighted by atomic mass is 16.3. The van der Waals surface area contributed by atoms with Gasteiger partial charge in [0.1, 0.15) is 11.8 Å². The molecule has 0 radical (unpaired) electrons. The number of aliphatic hydroxyl groups excluding tert-OH is 1. The summed E-state index contributed by atoms with van der Waals surface area (Å²) in [4.78, 5) is 10.7. The molecule has 2 bridgehead atoms. The molecule has 1 N–H and O–H groups in total. The van der Waals surface area contributed by atoms with Crippen molar-refractivity contribution in [3.8, 4) is 6.07 Å². The van der Waals surface area contributed by atoms with Crippen LogP contribution in [0.1, 0.15) is 31.4 Å². The molecule has 17 heavy (non-hydrogen) atoms. The van der Waals surface area contributed by atoms with Gasteiger partial charge in [0.25, 0.3) is 0 Å². The van der Waals surface area contributed by atoms with Crippen molar-refractivity contribution in [1.82, 2.24) is 9.97 Å². The van der Waals surface area contributed by atoms with Crippen LogP contribution in [0.5, 0.6) is 0 Å². The summed E-state index contributed by atoms with van der Waals surface area (Å²) >= 11 is 0. The second-order valence-electron chi connectivity index (χ2n) is 4.77. The van der Waals surface area contributed by atoms with E-state index in [4.69, 9.17) is 5.26 Å². The second kappa shape index (κ2) is 3.97. The van der Waals surface area contributed by atoms with Crippen LogP contribution in [0.2, 0.25) is 0 Å². The standard InChI is InChI=1S/C12H14N4O/c13-7-8-3-4-14-12(15-8)16-9-1-2-10(16)6-11(17)5-9/h3-4,9-11,17H,1-2,5-6H2. The highest BCUT2D eigenvalue weighted by Crippen LogP contribution is 2.37. The molecular weight excluding hydrogens is 216 g/mol. The molecule has 5 nitrogen and oxygen atoms in total. The van der Waals surface area contributed by atoms with Gasteiger partial charge >= 0.3 is 0 Å². The van der Waals surface area contributed by atoms with E-state index in [1.165, 1.54) is 0 Å². The number of anilines is 1. The summed E-state index contributed by atoms with van der Waals surface area (Å²) in [6.45, 7) is 0. The Bertz CT molecular complexity index is 456. The van der Waals surface area contributed by atoms with E-state index < -0.39 is 0 Å². The minimum absolute atomic E-state index is 0.192. The first-order chi connectivity index (χ1) is 8.28. The minimum Gasteiger partial charge on any atom is -0.393 e. The third-order valence-electron chi connectivity index (χ3n) is 3.70. The molecule has 2 atom stereocenters. The first-order valence-corrected chi connectivity index (χ1v) is 5.97. The Kier molecular flexibility index (Phi) is 2.45. The summed E-state index contributed by atoms with van der Waals surface area (Å²) in [6.07, 6.45) is 5.19. The predicted molar refractivity (Wildman–Crippen MR) is 61.3 cm³/mol. The van der Waals surface area contributed by atoms with Crippen LogP contribution in [-0.2, 0) is 0 Å². The monoisotopic (exact) mass is 230 g/mol. The van der Waals surface area contributed by atoms with Crippen LogP contribution in [0.4, 0.5) is 5.95 Å². The third kappa shape index (κ3) is 1.75. The number of hydrogen-bond donors (Lipinski definition) is 1. The second-order valence-corrected chi connectivity index (χ2v) is 4.77. The quantitative estimate of drug-likeness (QED) is 0.774. The zero-order chi connectivity index (χ0) is 11.8. The van der Waals surface area contributed by atoms with Gasteiger partial charge in [-0.2, -0.15) is 5.26 Å². The Morgan fingerprint density at radius 2 is 2.06 bits per heavy atom. The number of nitriles is 1. The Balaban J connectivity index is 1.92. The van der Waals surface area contributed by atoms with Crippen molar-refractivity contribution in [3.05, 3.63) is 18.0 Å². The molecule has 2 saturated heterocycles. The average molecular weight is 230 g/mol. The zero-order valence-corrected chi connectivity index (χ0v) is 9.45. The molecule has 3 rings (SSSR count). The molecule has 2 aliphatic heterocycles. The molecule has 0 spiro atoms. The Hall–Kier alpha value is -1.67. The Morgan fingerprint density at radius 1 is 1.35 bits per heavy atom. The van der Waals surface area contributed by atoms with Gasteiger partial charge in [-0.3, -0.25) is 0 Å². The zero-order valence-electron chi connectivity index (χ0n) is 9.45. The van der Waals surface area contributed by atoms with E-state index >= 15 is 0 Å². The lowest BCUT2D eigenvalue weighted by molar-refractivity contribution is 0.125. The van der Waals surface area contributed by atoms with E-state index in [-0.39, 0.29) is 6.10 Å². The predicted octanol–water partition coefficient (Wildman–Crippen LogP) is 0.840. The average Bonchev–Trinajstić information content (AvgIpc) is 2.62. The molecule has 1 aromatic rings. The first-order valence-electron chi connectivity index (χ1n) is 5.97. The van der Waals surface area contributed by atoms with E-state index in [0.717, 1.165) is 25.7 Å². The largest absolute Gasteiger partial charge is 0.393 e. The molecule has 0 amide bonds. The van der Waals surface area contributed by atoms with Gasteiger partial charge in [0.15, 0.2) is 0 Å². The van der Waals surface area contributed by atoms with Gasteiger partial charge in [0.2, 0.25) is 5.95 Å². The van der Waals surface area contributed by atoms with Gasteiger partial charge in [0, 0.05) is 18.3 Å². The maximum Gasteiger partial charge on any atom is 0.227 e. The Morgan fingerprint density at radius 3 is 2.71 bits per heavy atom. The van der Waals surface area contributed by atoms with Gasteiger partial charge < -0.3 is 10.0 Å². The molecule has 2 aliphatic rings. The van der Waals surface area contributed by atoms with Gasteiger partial charge in [-0.25, -0.2) is 9.97 Å². The van der Waals surface area contributed by atoms with Gasteiger partial charge in [-0.1, -0.05) is 0 Å². The summed E-state index contributed by atoms with van der Waals surface area (Å²) in [5.41, 5.74) is 0.403. The fourth-order valence-corrected chi connectivity index (χ4v) is 3.01. The van der Waals surface area contributed by atoms with E-state index in [1.54, 1.807) is 12.3 Å². The van der Waals surface area contributed by atoms with Crippen LogP contribution in [0.3, 0.4) is 0 Å². The number of aromatic nitrogens is 2. The van der Waals surface area contributed by atoms with E-state index in [9.17, 15) is 5.11 Å².